The van der Waals surface area contributed by atoms with Crippen LogP contribution in [0.15, 0.2) is 29.2 Å². The molecule has 0 N–H and O–H groups in total. The number of esters is 1. The van der Waals surface area contributed by atoms with Gasteiger partial charge in [-0.3, -0.25) is 9.59 Å². The first-order chi connectivity index (χ1) is 15.4. The largest absolute Gasteiger partial charge is 0.462 e. The second-order valence-corrected chi connectivity index (χ2v) is 10.7. The maximum absolute atomic E-state index is 12.5. The van der Waals surface area contributed by atoms with Gasteiger partial charge in [0.2, 0.25) is 11.8 Å². The molecule has 0 aliphatic carbocycles. The van der Waals surface area contributed by atoms with Gasteiger partial charge in [-0.2, -0.15) is 16.1 Å². The number of hydrogen-bond donors (Lipinski definition) is 0. The van der Waals surface area contributed by atoms with Gasteiger partial charge < -0.3 is 4.74 Å². The minimum Gasteiger partial charge on any atom is -0.462 e. The lowest BCUT2D eigenvalue weighted by Crippen LogP contribution is -2.35. The van der Waals surface area contributed by atoms with E-state index in [0.29, 0.717) is 10.9 Å². The Morgan fingerprint density at radius 2 is 1.38 bits per heavy atom. The number of rotatable bonds is 15. The zero-order chi connectivity index (χ0) is 23.4. The van der Waals surface area contributed by atoms with Gasteiger partial charge in [0.15, 0.2) is 0 Å². The van der Waals surface area contributed by atoms with Gasteiger partial charge in [-0.15, -0.1) is 0 Å². The summed E-state index contributed by atoms with van der Waals surface area (Å²) in [6.45, 7) is 0.324. The van der Waals surface area contributed by atoms with E-state index in [9.17, 15) is 22.8 Å². The second-order valence-electron chi connectivity index (χ2n) is 7.89. The van der Waals surface area contributed by atoms with Crippen LogP contribution in [0.1, 0.15) is 81.0 Å². The molecule has 9 heteroatoms. The molecule has 1 aliphatic heterocycles. The van der Waals surface area contributed by atoms with Gasteiger partial charge >= 0.3 is 5.97 Å². The number of unbranched alkanes of at least 4 members (excludes halogenated alkanes) is 8. The normalized spacial score (nSPS) is 14.2. The molecule has 1 fully saturated rings. The Bertz CT molecular complexity index is 851. The van der Waals surface area contributed by atoms with E-state index in [4.69, 9.17) is 4.74 Å². The van der Waals surface area contributed by atoms with E-state index < -0.39 is 27.8 Å². The predicted molar refractivity (Wildman–Crippen MR) is 125 cm³/mol. The SMILES string of the molecule is CSCCCCCCCCCCCOC(=O)c1ccc(S(=O)(=O)N2C(=O)CCC2=O)cc1. The van der Waals surface area contributed by atoms with Crippen molar-refractivity contribution < 1.29 is 27.5 Å². The van der Waals surface area contributed by atoms with Gasteiger partial charge in [0.1, 0.15) is 0 Å². The number of benzene rings is 1. The molecule has 1 aromatic rings. The van der Waals surface area contributed by atoms with Crippen LogP contribution in [0.25, 0.3) is 0 Å². The molecule has 0 atom stereocenters. The molecule has 1 heterocycles. The number of ether oxygens (including phenoxy) is 1. The molecule has 32 heavy (non-hydrogen) atoms. The molecule has 1 aliphatic rings. The number of carbonyl (C=O) groups excluding carboxylic acids is 3. The lowest BCUT2D eigenvalue weighted by molar-refractivity contribution is -0.132. The molecule has 1 aromatic carbocycles. The molecule has 2 rings (SSSR count). The Balaban J connectivity index is 1.65. The van der Waals surface area contributed by atoms with Crippen molar-refractivity contribution in [3.8, 4) is 0 Å². The Morgan fingerprint density at radius 3 is 1.91 bits per heavy atom. The van der Waals surface area contributed by atoms with E-state index in [2.05, 4.69) is 6.26 Å². The third-order valence-corrected chi connectivity index (χ3v) is 7.81. The van der Waals surface area contributed by atoms with Crippen LogP contribution in [0.3, 0.4) is 0 Å². The molecule has 178 valence electrons. The van der Waals surface area contributed by atoms with Crippen LogP contribution in [0.4, 0.5) is 0 Å². The highest BCUT2D eigenvalue weighted by atomic mass is 32.2. The second kappa shape index (κ2) is 13.6. The van der Waals surface area contributed by atoms with Crippen molar-refractivity contribution >= 4 is 39.6 Å². The number of hydrogen-bond acceptors (Lipinski definition) is 7. The maximum Gasteiger partial charge on any atom is 0.338 e. The first kappa shape index (κ1) is 26.4. The Hall–Kier alpha value is -1.87. The number of imide groups is 1. The van der Waals surface area contributed by atoms with E-state index in [0.717, 1.165) is 19.3 Å². The van der Waals surface area contributed by atoms with Crippen molar-refractivity contribution in [1.82, 2.24) is 4.31 Å². The van der Waals surface area contributed by atoms with Gasteiger partial charge in [0.25, 0.3) is 10.0 Å². The van der Waals surface area contributed by atoms with E-state index in [1.807, 2.05) is 11.8 Å². The summed E-state index contributed by atoms with van der Waals surface area (Å²) in [5.74, 6) is -0.732. The summed E-state index contributed by atoms with van der Waals surface area (Å²) in [6.07, 6.45) is 12.5. The fourth-order valence-corrected chi connectivity index (χ4v) is 5.43. The van der Waals surface area contributed by atoms with Crippen LogP contribution in [-0.4, -0.2) is 49.1 Å². The first-order valence-corrected chi connectivity index (χ1v) is 14.1. The highest BCUT2D eigenvalue weighted by Crippen LogP contribution is 2.23. The topological polar surface area (TPSA) is 97.8 Å². The van der Waals surface area contributed by atoms with Crippen LogP contribution in [0, 0.1) is 0 Å². The fourth-order valence-electron chi connectivity index (χ4n) is 3.53. The van der Waals surface area contributed by atoms with Gasteiger partial charge in [-0.1, -0.05) is 44.9 Å². The van der Waals surface area contributed by atoms with E-state index in [1.165, 1.54) is 68.5 Å². The zero-order valence-corrected chi connectivity index (χ0v) is 20.3. The highest BCUT2D eigenvalue weighted by molar-refractivity contribution is 7.98. The standard InChI is InChI=1S/C23H33NO6S2/c1-31-18-10-8-6-4-2-3-5-7-9-17-30-23(27)19-11-13-20(14-12-19)32(28,29)24-21(25)15-16-22(24)26/h11-14H,2-10,15-18H2,1H3. The van der Waals surface area contributed by atoms with Crippen LogP contribution in [-0.2, 0) is 24.3 Å². The minimum absolute atomic E-state index is 0.110. The molecule has 0 radical (unpaired) electrons. The van der Waals surface area contributed by atoms with E-state index in [-0.39, 0.29) is 23.3 Å². The van der Waals surface area contributed by atoms with E-state index in [1.54, 1.807) is 0 Å². The highest BCUT2D eigenvalue weighted by Gasteiger charge is 2.39. The summed E-state index contributed by atoms with van der Waals surface area (Å²) >= 11 is 1.90. The van der Waals surface area contributed by atoms with Gasteiger partial charge in [-0.25, -0.2) is 13.2 Å². The smallest absolute Gasteiger partial charge is 0.338 e. The summed E-state index contributed by atoms with van der Waals surface area (Å²) in [7, 11) is -4.24. The quantitative estimate of drug-likeness (QED) is 0.205. The Labute approximate surface area is 195 Å². The molecular weight excluding hydrogens is 450 g/mol. The van der Waals surface area contributed by atoms with Crippen LogP contribution in [0.5, 0.6) is 0 Å². The lowest BCUT2D eigenvalue weighted by Gasteiger charge is -2.14. The lowest BCUT2D eigenvalue weighted by atomic mass is 10.1. The molecule has 0 aromatic heterocycles. The van der Waals surface area contributed by atoms with Crippen molar-refractivity contribution in [3.05, 3.63) is 29.8 Å². The van der Waals surface area contributed by atoms with Crippen molar-refractivity contribution in [2.24, 2.45) is 0 Å². The third kappa shape index (κ3) is 7.92. The average Bonchev–Trinajstić information content (AvgIpc) is 3.13. The number of amides is 2. The van der Waals surface area contributed by atoms with Crippen LogP contribution < -0.4 is 0 Å². The number of sulfonamides is 1. The number of nitrogens with zero attached hydrogens (tertiary/aromatic N) is 1. The number of thioether (sulfide) groups is 1. The number of carbonyl (C=O) groups is 3. The van der Waals surface area contributed by atoms with Gasteiger partial charge in [0.05, 0.1) is 17.1 Å². The van der Waals surface area contributed by atoms with Crippen molar-refractivity contribution in [3.63, 3.8) is 0 Å². The van der Waals surface area contributed by atoms with Crippen molar-refractivity contribution in [1.29, 1.82) is 0 Å². The summed E-state index contributed by atoms with van der Waals surface area (Å²) in [6, 6.07) is 5.09. The van der Waals surface area contributed by atoms with Crippen molar-refractivity contribution in [2.45, 2.75) is 75.5 Å². The predicted octanol–water partition coefficient (Wildman–Crippen LogP) is 4.56. The summed E-state index contributed by atoms with van der Waals surface area (Å²) in [5.41, 5.74) is 0.226. The molecule has 0 bridgehead atoms. The molecule has 0 spiro atoms. The summed E-state index contributed by atoms with van der Waals surface area (Å²) in [5, 5.41) is 0. The molecule has 0 saturated carbocycles. The van der Waals surface area contributed by atoms with Crippen LogP contribution in [0.2, 0.25) is 0 Å². The molecule has 7 nitrogen and oxygen atoms in total. The maximum atomic E-state index is 12.5. The van der Waals surface area contributed by atoms with Crippen molar-refractivity contribution in [2.75, 3.05) is 18.6 Å². The molecule has 0 unspecified atom stereocenters. The van der Waals surface area contributed by atoms with E-state index >= 15 is 0 Å². The Morgan fingerprint density at radius 1 is 0.875 bits per heavy atom. The molecule has 2 amide bonds. The monoisotopic (exact) mass is 483 g/mol. The van der Waals surface area contributed by atoms with Gasteiger partial charge in [0, 0.05) is 12.8 Å². The molecular formula is C23H33NO6S2. The minimum atomic E-state index is -4.24. The fraction of sp³-hybridized carbons (Fsp3) is 0.609. The Kier molecular flexibility index (Phi) is 11.2. The van der Waals surface area contributed by atoms with Crippen LogP contribution >= 0.6 is 11.8 Å². The van der Waals surface area contributed by atoms with Gasteiger partial charge in [-0.05, 0) is 49.1 Å². The average molecular weight is 484 g/mol. The molecule has 1 saturated heterocycles. The summed E-state index contributed by atoms with van der Waals surface area (Å²) in [4.78, 5) is 35.4. The zero-order valence-electron chi connectivity index (χ0n) is 18.7. The first-order valence-electron chi connectivity index (χ1n) is 11.2. The third-order valence-electron chi connectivity index (χ3n) is 5.36. The summed E-state index contributed by atoms with van der Waals surface area (Å²) < 4.78 is 30.6.